The molecular formula is C14H19NO4. The summed E-state index contributed by atoms with van der Waals surface area (Å²) < 4.78 is 0. The molecule has 3 N–H and O–H groups in total. The van der Waals surface area contributed by atoms with Crippen molar-refractivity contribution in [2.75, 3.05) is 19.6 Å². The lowest BCUT2D eigenvalue weighted by atomic mass is 9.95. The van der Waals surface area contributed by atoms with Crippen molar-refractivity contribution in [1.29, 1.82) is 0 Å². The van der Waals surface area contributed by atoms with E-state index in [9.17, 15) is 20.1 Å². The molecule has 0 saturated carbocycles. The van der Waals surface area contributed by atoms with Gasteiger partial charge >= 0.3 is 0 Å². The summed E-state index contributed by atoms with van der Waals surface area (Å²) in [6.45, 7) is 3.15. The molecule has 0 spiro atoms. The smallest absolute Gasteiger partial charge is 0.180 e. The van der Waals surface area contributed by atoms with E-state index in [1.807, 2.05) is 4.90 Å². The fourth-order valence-corrected chi connectivity index (χ4v) is 2.50. The first kappa shape index (κ1) is 13.8. The second-order valence-electron chi connectivity index (χ2n) is 5.44. The van der Waals surface area contributed by atoms with Gasteiger partial charge in [0, 0.05) is 12.6 Å². The SMILES string of the molecule is CC1(O)CCCN(CC(=O)c2ccc(O)cc2O)C1. The van der Waals surface area contributed by atoms with Crippen molar-refractivity contribution in [1.82, 2.24) is 4.90 Å². The molecule has 0 bridgehead atoms. The lowest BCUT2D eigenvalue weighted by Crippen LogP contribution is -2.47. The first-order chi connectivity index (χ1) is 8.87. The lowest BCUT2D eigenvalue weighted by Gasteiger charge is -2.36. The van der Waals surface area contributed by atoms with Crippen LogP contribution in [0.5, 0.6) is 11.5 Å². The molecule has 1 aliphatic rings. The predicted octanol–water partition coefficient (Wildman–Crippen LogP) is 1.13. The largest absolute Gasteiger partial charge is 0.508 e. The summed E-state index contributed by atoms with van der Waals surface area (Å²) in [5.74, 6) is -0.501. The average molecular weight is 265 g/mol. The van der Waals surface area contributed by atoms with Crippen LogP contribution < -0.4 is 0 Å². The Kier molecular flexibility index (Phi) is 3.78. The standard InChI is InChI=1S/C14H19NO4/c1-14(19)5-2-6-15(9-14)8-13(18)11-4-3-10(16)7-12(11)17/h3-4,7,16-17,19H,2,5-6,8-9H2,1H3. The van der Waals surface area contributed by atoms with E-state index in [-0.39, 0.29) is 29.4 Å². The number of aliphatic hydroxyl groups is 1. The Morgan fingerprint density at radius 1 is 1.42 bits per heavy atom. The number of ketones is 1. The molecule has 5 heteroatoms. The van der Waals surface area contributed by atoms with Crippen molar-refractivity contribution in [2.45, 2.75) is 25.4 Å². The minimum atomic E-state index is -0.754. The van der Waals surface area contributed by atoms with Crippen molar-refractivity contribution >= 4 is 5.78 Å². The summed E-state index contributed by atoms with van der Waals surface area (Å²) in [6.07, 6.45) is 1.59. The fraction of sp³-hybridized carbons (Fsp3) is 0.500. The van der Waals surface area contributed by atoms with Gasteiger partial charge in [-0.2, -0.15) is 0 Å². The number of carbonyl (C=O) groups excluding carboxylic acids is 1. The quantitative estimate of drug-likeness (QED) is 0.714. The van der Waals surface area contributed by atoms with Crippen molar-refractivity contribution in [2.24, 2.45) is 0 Å². The maximum absolute atomic E-state index is 12.1. The van der Waals surface area contributed by atoms with Gasteiger partial charge in [-0.1, -0.05) is 0 Å². The highest BCUT2D eigenvalue weighted by atomic mass is 16.3. The van der Waals surface area contributed by atoms with Gasteiger partial charge in [0.2, 0.25) is 0 Å². The molecular weight excluding hydrogens is 246 g/mol. The topological polar surface area (TPSA) is 81.0 Å². The predicted molar refractivity (Wildman–Crippen MR) is 70.4 cm³/mol. The summed E-state index contributed by atoms with van der Waals surface area (Å²) in [4.78, 5) is 14.0. The number of hydrogen-bond acceptors (Lipinski definition) is 5. The summed E-state index contributed by atoms with van der Waals surface area (Å²) in [5, 5.41) is 28.8. The van der Waals surface area contributed by atoms with E-state index in [4.69, 9.17) is 0 Å². The number of aromatic hydroxyl groups is 2. The van der Waals surface area contributed by atoms with E-state index in [1.165, 1.54) is 12.1 Å². The van der Waals surface area contributed by atoms with Gasteiger partial charge in [0.25, 0.3) is 0 Å². The van der Waals surface area contributed by atoms with Crippen molar-refractivity contribution in [3.63, 3.8) is 0 Å². The number of nitrogens with zero attached hydrogens (tertiary/aromatic N) is 1. The molecule has 2 rings (SSSR count). The first-order valence-corrected chi connectivity index (χ1v) is 6.37. The van der Waals surface area contributed by atoms with E-state index in [2.05, 4.69) is 0 Å². The molecule has 0 radical (unpaired) electrons. The van der Waals surface area contributed by atoms with Crippen LogP contribution in [0.4, 0.5) is 0 Å². The molecule has 1 atom stereocenters. The number of β-amino-alcohol motifs (C(OH)–C–C–N with tert-alkyl or cyclic N) is 1. The molecule has 1 unspecified atom stereocenters. The molecule has 104 valence electrons. The molecule has 1 saturated heterocycles. The number of piperidine rings is 1. The van der Waals surface area contributed by atoms with Gasteiger partial charge in [-0.15, -0.1) is 0 Å². The Hall–Kier alpha value is -1.59. The highest BCUT2D eigenvalue weighted by Gasteiger charge is 2.29. The molecule has 0 amide bonds. The first-order valence-electron chi connectivity index (χ1n) is 6.37. The summed E-state index contributed by atoms with van der Waals surface area (Å²) in [7, 11) is 0. The minimum absolute atomic E-state index is 0.0741. The zero-order valence-electron chi connectivity index (χ0n) is 11.0. The van der Waals surface area contributed by atoms with Crippen LogP contribution in [0, 0.1) is 0 Å². The third kappa shape index (κ3) is 3.45. The molecule has 1 aliphatic heterocycles. The number of phenols is 2. The highest BCUT2D eigenvalue weighted by Crippen LogP contribution is 2.24. The van der Waals surface area contributed by atoms with Crippen LogP contribution in [0.25, 0.3) is 0 Å². The van der Waals surface area contributed by atoms with Gasteiger partial charge in [-0.25, -0.2) is 0 Å². The monoisotopic (exact) mass is 265 g/mol. The number of benzene rings is 1. The molecule has 19 heavy (non-hydrogen) atoms. The highest BCUT2D eigenvalue weighted by molar-refractivity contribution is 6.00. The molecule has 0 aromatic heterocycles. The van der Waals surface area contributed by atoms with Crippen molar-refractivity contribution in [3.8, 4) is 11.5 Å². The number of Topliss-reactive ketones (excluding diaryl/α,β-unsaturated/α-hetero) is 1. The van der Waals surface area contributed by atoms with Gasteiger partial charge in [0.15, 0.2) is 5.78 Å². The molecule has 1 aromatic rings. The molecule has 0 aliphatic carbocycles. The normalized spacial score (nSPS) is 24.3. The number of phenolic OH excluding ortho intramolecular Hbond substituents is 2. The van der Waals surface area contributed by atoms with E-state index >= 15 is 0 Å². The summed E-state index contributed by atoms with van der Waals surface area (Å²) in [5.41, 5.74) is -0.557. The van der Waals surface area contributed by atoms with Gasteiger partial charge in [0.05, 0.1) is 17.7 Å². The van der Waals surface area contributed by atoms with Crippen molar-refractivity contribution < 1.29 is 20.1 Å². The summed E-state index contributed by atoms with van der Waals surface area (Å²) >= 11 is 0. The number of likely N-dealkylation sites (tertiary alicyclic amines) is 1. The molecule has 5 nitrogen and oxygen atoms in total. The van der Waals surface area contributed by atoms with Gasteiger partial charge in [-0.05, 0) is 38.4 Å². The maximum atomic E-state index is 12.1. The third-order valence-electron chi connectivity index (χ3n) is 3.40. The minimum Gasteiger partial charge on any atom is -0.508 e. The van der Waals surface area contributed by atoms with Crippen LogP contribution in [0.2, 0.25) is 0 Å². The second-order valence-corrected chi connectivity index (χ2v) is 5.44. The Labute approximate surface area is 112 Å². The van der Waals surface area contributed by atoms with Crippen LogP contribution in [0.15, 0.2) is 18.2 Å². The van der Waals surface area contributed by atoms with Crippen LogP contribution in [-0.2, 0) is 0 Å². The van der Waals surface area contributed by atoms with Gasteiger partial charge in [-0.3, -0.25) is 9.69 Å². The van der Waals surface area contributed by atoms with E-state index in [1.54, 1.807) is 6.92 Å². The Balaban J connectivity index is 2.04. The zero-order chi connectivity index (χ0) is 14.0. The lowest BCUT2D eigenvalue weighted by molar-refractivity contribution is -0.0133. The Morgan fingerprint density at radius 2 is 2.16 bits per heavy atom. The van der Waals surface area contributed by atoms with Crippen LogP contribution >= 0.6 is 0 Å². The van der Waals surface area contributed by atoms with Crippen LogP contribution in [-0.4, -0.2) is 51.2 Å². The number of carbonyl (C=O) groups is 1. The van der Waals surface area contributed by atoms with Gasteiger partial charge in [0.1, 0.15) is 11.5 Å². The van der Waals surface area contributed by atoms with E-state index in [0.29, 0.717) is 6.54 Å². The Morgan fingerprint density at radius 3 is 2.79 bits per heavy atom. The molecule has 1 heterocycles. The fourth-order valence-electron chi connectivity index (χ4n) is 2.50. The number of rotatable bonds is 3. The average Bonchev–Trinajstić information content (AvgIpc) is 2.27. The third-order valence-corrected chi connectivity index (χ3v) is 3.40. The molecule has 1 fully saturated rings. The number of hydrogen-bond donors (Lipinski definition) is 3. The van der Waals surface area contributed by atoms with Crippen LogP contribution in [0.1, 0.15) is 30.1 Å². The van der Waals surface area contributed by atoms with Crippen molar-refractivity contribution in [3.05, 3.63) is 23.8 Å². The second kappa shape index (κ2) is 5.19. The van der Waals surface area contributed by atoms with E-state index < -0.39 is 5.60 Å². The zero-order valence-corrected chi connectivity index (χ0v) is 11.0. The maximum Gasteiger partial charge on any atom is 0.180 e. The van der Waals surface area contributed by atoms with E-state index in [0.717, 1.165) is 25.5 Å². The molecule has 1 aromatic carbocycles. The Bertz CT molecular complexity index is 484. The summed E-state index contributed by atoms with van der Waals surface area (Å²) in [6, 6.07) is 3.94. The van der Waals surface area contributed by atoms with Crippen LogP contribution in [0.3, 0.4) is 0 Å². The van der Waals surface area contributed by atoms with Gasteiger partial charge < -0.3 is 15.3 Å².